The monoisotopic (exact) mass is 218 g/mol. The zero-order chi connectivity index (χ0) is 11.4. The minimum Gasteiger partial charge on any atom is -0.384 e. The Bertz CT molecular complexity index is 399. The first kappa shape index (κ1) is 10.6. The van der Waals surface area contributed by atoms with E-state index in [0.717, 1.165) is 19.6 Å². The quantitative estimate of drug-likeness (QED) is 0.711. The van der Waals surface area contributed by atoms with Crippen LogP contribution < -0.4 is 16.0 Å². The summed E-state index contributed by atoms with van der Waals surface area (Å²) in [5, 5.41) is 11.9. The Morgan fingerprint density at radius 2 is 2.56 bits per heavy atom. The van der Waals surface area contributed by atoms with Crippen LogP contribution in [0.25, 0.3) is 0 Å². The number of anilines is 2. The number of hydrogen-bond donors (Lipinski definition) is 2. The van der Waals surface area contributed by atoms with Gasteiger partial charge in [-0.3, -0.25) is 0 Å². The van der Waals surface area contributed by atoms with Gasteiger partial charge in [0.15, 0.2) is 0 Å². The molecule has 2 rings (SSSR count). The lowest BCUT2D eigenvalue weighted by atomic mass is 10.1. The van der Waals surface area contributed by atoms with E-state index in [1.165, 1.54) is 0 Å². The first-order valence-corrected chi connectivity index (χ1v) is 5.23. The third-order valence-corrected chi connectivity index (χ3v) is 2.54. The molecule has 0 aliphatic carbocycles. The van der Waals surface area contributed by atoms with Gasteiger partial charge in [-0.15, -0.1) is 0 Å². The Morgan fingerprint density at radius 1 is 1.69 bits per heavy atom. The Labute approximate surface area is 94.1 Å². The van der Waals surface area contributed by atoms with E-state index in [9.17, 15) is 0 Å². The maximum Gasteiger partial charge on any atom is 0.227 e. The molecule has 1 aromatic heterocycles. The van der Waals surface area contributed by atoms with E-state index in [1.807, 2.05) is 0 Å². The van der Waals surface area contributed by atoms with Gasteiger partial charge in [0.25, 0.3) is 0 Å². The van der Waals surface area contributed by atoms with Gasteiger partial charge in [0.05, 0.1) is 12.5 Å². The summed E-state index contributed by atoms with van der Waals surface area (Å²) in [7, 11) is 0. The van der Waals surface area contributed by atoms with Gasteiger partial charge in [-0.05, 0) is 6.07 Å². The van der Waals surface area contributed by atoms with Crippen LogP contribution in [-0.2, 0) is 0 Å². The van der Waals surface area contributed by atoms with Gasteiger partial charge < -0.3 is 16.0 Å². The number of nitrogen functional groups attached to an aromatic ring is 1. The smallest absolute Gasteiger partial charge is 0.227 e. The third-order valence-electron chi connectivity index (χ3n) is 2.54. The lowest BCUT2D eigenvalue weighted by Gasteiger charge is -2.32. The molecule has 0 aromatic carbocycles. The Balaban J connectivity index is 2.07. The number of nitrogens with one attached hydrogen (secondary N) is 1. The van der Waals surface area contributed by atoms with E-state index in [4.69, 9.17) is 11.0 Å². The predicted molar refractivity (Wildman–Crippen MR) is 60.7 cm³/mol. The molecular formula is C10H14N6. The van der Waals surface area contributed by atoms with Crippen LogP contribution >= 0.6 is 0 Å². The Kier molecular flexibility index (Phi) is 3.17. The van der Waals surface area contributed by atoms with Crippen molar-refractivity contribution >= 4 is 11.8 Å². The molecule has 1 aromatic rings. The molecule has 0 bridgehead atoms. The molecule has 1 aliphatic heterocycles. The molecule has 0 spiro atoms. The average Bonchev–Trinajstić information content (AvgIpc) is 2.30. The lowest BCUT2D eigenvalue weighted by Crippen LogP contribution is -2.51. The summed E-state index contributed by atoms with van der Waals surface area (Å²) in [6.07, 6.45) is 2.15. The number of nitriles is 1. The second kappa shape index (κ2) is 4.77. The molecule has 1 aliphatic rings. The zero-order valence-electron chi connectivity index (χ0n) is 8.93. The third kappa shape index (κ3) is 2.38. The van der Waals surface area contributed by atoms with Crippen LogP contribution in [-0.4, -0.2) is 35.6 Å². The summed E-state index contributed by atoms with van der Waals surface area (Å²) in [5.41, 5.74) is 5.61. The van der Waals surface area contributed by atoms with E-state index >= 15 is 0 Å². The fourth-order valence-electron chi connectivity index (χ4n) is 1.77. The number of hydrogen-bond acceptors (Lipinski definition) is 6. The van der Waals surface area contributed by atoms with Crippen LogP contribution in [0.15, 0.2) is 12.3 Å². The van der Waals surface area contributed by atoms with Crippen molar-refractivity contribution < 1.29 is 0 Å². The van der Waals surface area contributed by atoms with Crippen molar-refractivity contribution in [2.24, 2.45) is 0 Å². The fourth-order valence-corrected chi connectivity index (χ4v) is 1.77. The molecule has 0 amide bonds. The van der Waals surface area contributed by atoms with Crippen LogP contribution in [0.2, 0.25) is 0 Å². The lowest BCUT2D eigenvalue weighted by molar-refractivity contribution is 0.458. The summed E-state index contributed by atoms with van der Waals surface area (Å²) in [5.74, 6) is 1.12. The molecule has 16 heavy (non-hydrogen) atoms. The molecule has 6 heteroatoms. The van der Waals surface area contributed by atoms with Crippen molar-refractivity contribution in [2.75, 3.05) is 30.3 Å². The Hall–Kier alpha value is -1.87. The van der Waals surface area contributed by atoms with Gasteiger partial charge in [-0.2, -0.15) is 10.2 Å². The number of rotatable bonds is 2. The topological polar surface area (TPSA) is 90.9 Å². The molecule has 1 fully saturated rings. The van der Waals surface area contributed by atoms with Gasteiger partial charge in [0.2, 0.25) is 5.95 Å². The van der Waals surface area contributed by atoms with E-state index in [0.29, 0.717) is 18.2 Å². The summed E-state index contributed by atoms with van der Waals surface area (Å²) in [6.45, 7) is 2.42. The number of piperazine rings is 1. The maximum absolute atomic E-state index is 8.66. The Morgan fingerprint density at radius 3 is 3.31 bits per heavy atom. The minimum absolute atomic E-state index is 0.184. The van der Waals surface area contributed by atoms with Crippen LogP contribution in [0, 0.1) is 11.3 Å². The van der Waals surface area contributed by atoms with Crippen molar-refractivity contribution in [3.8, 4) is 6.07 Å². The van der Waals surface area contributed by atoms with Crippen molar-refractivity contribution in [1.29, 1.82) is 5.26 Å². The van der Waals surface area contributed by atoms with Crippen LogP contribution in [0.5, 0.6) is 0 Å². The van der Waals surface area contributed by atoms with Gasteiger partial charge in [-0.25, -0.2) is 4.98 Å². The first-order valence-electron chi connectivity index (χ1n) is 5.23. The maximum atomic E-state index is 8.66. The zero-order valence-corrected chi connectivity index (χ0v) is 8.93. The average molecular weight is 218 g/mol. The highest BCUT2D eigenvalue weighted by molar-refractivity contribution is 5.38. The summed E-state index contributed by atoms with van der Waals surface area (Å²) < 4.78 is 0. The highest BCUT2D eigenvalue weighted by Crippen LogP contribution is 2.12. The van der Waals surface area contributed by atoms with Gasteiger partial charge in [0, 0.05) is 31.9 Å². The highest BCUT2D eigenvalue weighted by Gasteiger charge is 2.20. The van der Waals surface area contributed by atoms with Gasteiger partial charge in [-0.1, -0.05) is 0 Å². The van der Waals surface area contributed by atoms with E-state index < -0.39 is 0 Å². The molecule has 6 nitrogen and oxygen atoms in total. The number of nitrogens with two attached hydrogens (primary N) is 1. The first-order chi connectivity index (χ1) is 7.79. The summed E-state index contributed by atoms with van der Waals surface area (Å²) in [4.78, 5) is 10.4. The summed E-state index contributed by atoms with van der Waals surface area (Å²) in [6, 6.07) is 4.02. The second-order valence-corrected chi connectivity index (χ2v) is 3.74. The van der Waals surface area contributed by atoms with Crippen molar-refractivity contribution in [3.63, 3.8) is 0 Å². The molecule has 0 unspecified atom stereocenters. The van der Waals surface area contributed by atoms with Crippen LogP contribution in [0.4, 0.5) is 11.8 Å². The SMILES string of the molecule is N#CC[C@H]1CN(c2nccc(N)n2)CCN1. The van der Waals surface area contributed by atoms with Crippen molar-refractivity contribution in [1.82, 2.24) is 15.3 Å². The molecular weight excluding hydrogens is 204 g/mol. The fraction of sp³-hybridized carbons (Fsp3) is 0.500. The van der Waals surface area contributed by atoms with Gasteiger partial charge in [0.1, 0.15) is 5.82 Å². The largest absolute Gasteiger partial charge is 0.384 e. The van der Waals surface area contributed by atoms with E-state index in [1.54, 1.807) is 12.3 Å². The molecule has 2 heterocycles. The normalized spacial score (nSPS) is 20.4. The second-order valence-electron chi connectivity index (χ2n) is 3.74. The van der Waals surface area contributed by atoms with Crippen molar-refractivity contribution in [2.45, 2.75) is 12.5 Å². The predicted octanol–water partition coefficient (Wildman–Crippen LogP) is -0.249. The number of aromatic nitrogens is 2. The molecule has 1 saturated heterocycles. The molecule has 0 radical (unpaired) electrons. The standard InChI is InChI=1S/C10H14N6/c11-3-1-8-7-16(6-5-13-8)10-14-4-2-9(12)15-10/h2,4,8,13H,1,5-7H2,(H2,12,14,15)/t8-/m0/s1. The highest BCUT2D eigenvalue weighted by atomic mass is 15.3. The number of nitrogens with zero attached hydrogens (tertiary/aromatic N) is 4. The molecule has 0 saturated carbocycles. The van der Waals surface area contributed by atoms with E-state index in [-0.39, 0.29) is 6.04 Å². The minimum atomic E-state index is 0.184. The van der Waals surface area contributed by atoms with Crippen LogP contribution in [0.3, 0.4) is 0 Å². The molecule has 84 valence electrons. The van der Waals surface area contributed by atoms with Crippen molar-refractivity contribution in [3.05, 3.63) is 12.3 Å². The van der Waals surface area contributed by atoms with Gasteiger partial charge >= 0.3 is 0 Å². The summed E-state index contributed by atoms with van der Waals surface area (Å²) >= 11 is 0. The molecule has 1 atom stereocenters. The molecule has 3 N–H and O–H groups in total. The van der Waals surface area contributed by atoms with E-state index in [2.05, 4.69) is 26.3 Å². The van der Waals surface area contributed by atoms with Crippen LogP contribution in [0.1, 0.15) is 6.42 Å².